The molecule has 0 aliphatic carbocycles. The van der Waals surface area contributed by atoms with Gasteiger partial charge in [0.15, 0.2) is 0 Å². The maximum Gasteiger partial charge on any atom is -0.00208 e. The molecule has 0 bridgehead atoms. The summed E-state index contributed by atoms with van der Waals surface area (Å²) in [5.41, 5.74) is 7.45. The van der Waals surface area contributed by atoms with Gasteiger partial charge in [0.25, 0.3) is 0 Å². The normalized spacial score (nSPS) is 11.2. The SMILES string of the molecule is C(=C\c1cc2ccccc2c(-c2ccccc2)c1-c1ccccc1)/c1ccccc1. The number of hydrogen-bond acceptors (Lipinski definition) is 0. The van der Waals surface area contributed by atoms with Gasteiger partial charge >= 0.3 is 0 Å². The van der Waals surface area contributed by atoms with Crippen LogP contribution in [0.1, 0.15) is 11.1 Å². The Hall–Kier alpha value is -3.90. The number of hydrogen-bond donors (Lipinski definition) is 0. The summed E-state index contributed by atoms with van der Waals surface area (Å²) < 4.78 is 0. The second-order valence-corrected chi connectivity index (χ2v) is 7.41. The lowest BCUT2D eigenvalue weighted by Gasteiger charge is -2.17. The molecule has 0 aliphatic heterocycles. The molecule has 30 heavy (non-hydrogen) atoms. The Morgan fingerprint density at radius 3 is 1.63 bits per heavy atom. The van der Waals surface area contributed by atoms with Crippen LogP contribution in [0.2, 0.25) is 0 Å². The highest BCUT2D eigenvalue weighted by molar-refractivity contribution is 6.07. The summed E-state index contributed by atoms with van der Waals surface area (Å²) in [6.07, 6.45) is 4.45. The summed E-state index contributed by atoms with van der Waals surface area (Å²) in [5.74, 6) is 0. The summed E-state index contributed by atoms with van der Waals surface area (Å²) in [6, 6.07) is 42.9. The number of rotatable bonds is 4. The van der Waals surface area contributed by atoms with Gasteiger partial charge in [0.1, 0.15) is 0 Å². The number of fused-ring (bicyclic) bond motifs is 1. The second-order valence-electron chi connectivity index (χ2n) is 7.41. The van der Waals surface area contributed by atoms with Crippen molar-refractivity contribution < 1.29 is 0 Å². The van der Waals surface area contributed by atoms with Gasteiger partial charge in [-0.15, -0.1) is 0 Å². The summed E-state index contributed by atoms with van der Waals surface area (Å²) >= 11 is 0. The molecule has 0 amide bonds. The van der Waals surface area contributed by atoms with Gasteiger partial charge in [0.2, 0.25) is 0 Å². The first kappa shape index (κ1) is 18.1. The Labute approximate surface area is 177 Å². The van der Waals surface area contributed by atoms with Crippen LogP contribution in [0.5, 0.6) is 0 Å². The van der Waals surface area contributed by atoms with Gasteiger partial charge in [-0.1, -0.05) is 127 Å². The molecular formula is C30H22. The molecule has 0 aliphatic rings. The van der Waals surface area contributed by atoms with Crippen molar-refractivity contribution in [1.29, 1.82) is 0 Å². The van der Waals surface area contributed by atoms with E-state index in [9.17, 15) is 0 Å². The standard InChI is InChI=1S/C30H22/c1-4-12-23(13-5-1)20-21-27-22-26-18-10-11-19-28(26)30(25-16-8-3-9-17-25)29(27)24-14-6-2-7-15-24/h1-22H/b21-20+. The van der Waals surface area contributed by atoms with Crippen molar-refractivity contribution in [2.45, 2.75) is 0 Å². The predicted octanol–water partition coefficient (Wildman–Crippen LogP) is 8.34. The van der Waals surface area contributed by atoms with E-state index in [1.54, 1.807) is 0 Å². The van der Waals surface area contributed by atoms with Gasteiger partial charge in [0.05, 0.1) is 0 Å². The molecule has 0 saturated heterocycles. The van der Waals surface area contributed by atoms with Crippen molar-refractivity contribution in [3.63, 3.8) is 0 Å². The molecule has 0 heteroatoms. The van der Waals surface area contributed by atoms with E-state index in [4.69, 9.17) is 0 Å². The van der Waals surface area contributed by atoms with Gasteiger partial charge in [-0.2, -0.15) is 0 Å². The van der Waals surface area contributed by atoms with Gasteiger partial charge in [-0.05, 0) is 50.2 Å². The Balaban J connectivity index is 1.84. The summed E-state index contributed by atoms with van der Waals surface area (Å²) in [4.78, 5) is 0. The minimum Gasteiger partial charge on any atom is -0.0622 e. The zero-order valence-electron chi connectivity index (χ0n) is 16.7. The van der Waals surface area contributed by atoms with Crippen LogP contribution in [-0.2, 0) is 0 Å². The molecule has 0 aromatic heterocycles. The smallest absolute Gasteiger partial charge is 0.00208 e. The molecule has 0 saturated carbocycles. The topological polar surface area (TPSA) is 0 Å². The van der Waals surface area contributed by atoms with E-state index in [2.05, 4.69) is 133 Å². The highest BCUT2D eigenvalue weighted by Crippen LogP contribution is 2.41. The molecule has 142 valence electrons. The first-order chi connectivity index (χ1) is 14.9. The quantitative estimate of drug-likeness (QED) is 0.274. The van der Waals surface area contributed by atoms with Crippen molar-refractivity contribution in [1.82, 2.24) is 0 Å². The van der Waals surface area contributed by atoms with E-state index in [0.29, 0.717) is 0 Å². The van der Waals surface area contributed by atoms with Crippen LogP contribution in [0.25, 0.3) is 45.2 Å². The Morgan fingerprint density at radius 1 is 0.433 bits per heavy atom. The first-order valence-corrected chi connectivity index (χ1v) is 10.3. The van der Waals surface area contributed by atoms with Crippen LogP contribution >= 0.6 is 0 Å². The highest BCUT2D eigenvalue weighted by Gasteiger charge is 2.15. The Kier molecular flexibility index (Phi) is 4.98. The fraction of sp³-hybridized carbons (Fsp3) is 0. The first-order valence-electron chi connectivity index (χ1n) is 10.3. The molecule has 0 nitrogen and oxygen atoms in total. The summed E-state index contributed by atoms with van der Waals surface area (Å²) in [7, 11) is 0. The van der Waals surface area contributed by atoms with Crippen LogP contribution in [-0.4, -0.2) is 0 Å². The minimum atomic E-state index is 1.20. The van der Waals surface area contributed by atoms with Crippen molar-refractivity contribution in [3.05, 3.63) is 132 Å². The molecular weight excluding hydrogens is 360 g/mol. The lowest BCUT2D eigenvalue weighted by atomic mass is 9.86. The van der Waals surface area contributed by atoms with E-state index in [1.807, 2.05) is 0 Å². The lowest BCUT2D eigenvalue weighted by molar-refractivity contribution is 1.59. The van der Waals surface area contributed by atoms with Crippen LogP contribution < -0.4 is 0 Å². The third-order valence-corrected chi connectivity index (χ3v) is 5.46. The molecule has 5 aromatic carbocycles. The van der Waals surface area contributed by atoms with Crippen molar-refractivity contribution in [2.75, 3.05) is 0 Å². The Bertz CT molecular complexity index is 1300. The maximum absolute atomic E-state index is 2.31. The lowest BCUT2D eigenvalue weighted by Crippen LogP contribution is -1.92. The zero-order valence-corrected chi connectivity index (χ0v) is 16.7. The van der Waals surface area contributed by atoms with Crippen LogP contribution in [0.4, 0.5) is 0 Å². The molecule has 5 rings (SSSR count). The van der Waals surface area contributed by atoms with Gasteiger partial charge in [0, 0.05) is 0 Å². The third kappa shape index (κ3) is 3.56. The molecule has 0 radical (unpaired) electrons. The largest absolute Gasteiger partial charge is 0.0622 e. The average molecular weight is 383 g/mol. The third-order valence-electron chi connectivity index (χ3n) is 5.46. The average Bonchev–Trinajstić information content (AvgIpc) is 2.83. The second kappa shape index (κ2) is 8.23. The van der Waals surface area contributed by atoms with E-state index in [-0.39, 0.29) is 0 Å². The molecule has 0 N–H and O–H groups in total. The van der Waals surface area contributed by atoms with Crippen molar-refractivity contribution in [2.24, 2.45) is 0 Å². The highest BCUT2D eigenvalue weighted by atomic mass is 14.2. The molecule has 0 heterocycles. The van der Waals surface area contributed by atoms with Gasteiger partial charge < -0.3 is 0 Å². The van der Waals surface area contributed by atoms with Crippen LogP contribution in [0.3, 0.4) is 0 Å². The van der Waals surface area contributed by atoms with E-state index >= 15 is 0 Å². The Morgan fingerprint density at radius 2 is 0.967 bits per heavy atom. The van der Waals surface area contributed by atoms with E-state index in [0.717, 1.165) is 0 Å². The van der Waals surface area contributed by atoms with Gasteiger partial charge in [-0.25, -0.2) is 0 Å². The fourth-order valence-electron chi connectivity index (χ4n) is 4.07. The van der Waals surface area contributed by atoms with Crippen molar-refractivity contribution >= 4 is 22.9 Å². The van der Waals surface area contributed by atoms with Crippen LogP contribution in [0.15, 0.2) is 121 Å². The summed E-state index contributed by atoms with van der Waals surface area (Å²) in [5, 5.41) is 2.53. The fourth-order valence-corrected chi connectivity index (χ4v) is 4.07. The minimum absolute atomic E-state index is 1.20. The zero-order chi connectivity index (χ0) is 20.2. The molecule has 0 atom stereocenters. The van der Waals surface area contributed by atoms with Crippen LogP contribution in [0, 0.1) is 0 Å². The molecule has 5 aromatic rings. The molecule has 0 unspecified atom stereocenters. The predicted molar refractivity (Wildman–Crippen MR) is 130 cm³/mol. The van der Waals surface area contributed by atoms with E-state index in [1.165, 1.54) is 44.2 Å². The monoisotopic (exact) mass is 382 g/mol. The van der Waals surface area contributed by atoms with E-state index < -0.39 is 0 Å². The van der Waals surface area contributed by atoms with Gasteiger partial charge in [-0.3, -0.25) is 0 Å². The maximum atomic E-state index is 2.31. The summed E-state index contributed by atoms with van der Waals surface area (Å²) in [6.45, 7) is 0. The molecule has 0 fully saturated rings. The van der Waals surface area contributed by atoms with Crippen molar-refractivity contribution in [3.8, 4) is 22.3 Å². The molecule has 0 spiro atoms. The number of benzene rings is 5.